The summed E-state index contributed by atoms with van der Waals surface area (Å²) in [5.74, 6) is -0.986. The molecule has 0 spiro atoms. The van der Waals surface area contributed by atoms with E-state index in [1.807, 2.05) is 17.9 Å². The molecule has 0 aliphatic carbocycles. The lowest BCUT2D eigenvalue weighted by Crippen LogP contribution is -2.52. The van der Waals surface area contributed by atoms with Crippen molar-refractivity contribution in [3.05, 3.63) is 58.7 Å². The molecule has 0 aromatic heterocycles. The van der Waals surface area contributed by atoms with Crippen LogP contribution in [0.15, 0.2) is 36.4 Å². The molecule has 2 aromatic rings. The van der Waals surface area contributed by atoms with Gasteiger partial charge in [-0.25, -0.2) is 4.79 Å². The van der Waals surface area contributed by atoms with Crippen LogP contribution in [0.3, 0.4) is 0 Å². The summed E-state index contributed by atoms with van der Waals surface area (Å²) in [6.07, 6.45) is 0.497. The van der Waals surface area contributed by atoms with Crippen molar-refractivity contribution in [2.45, 2.75) is 38.9 Å². The van der Waals surface area contributed by atoms with Crippen LogP contribution in [0.25, 0.3) is 0 Å². The van der Waals surface area contributed by atoms with E-state index < -0.39 is 18.0 Å². The van der Waals surface area contributed by atoms with Gasteiger partial charge in [-0.05, 0) is 42.2 Å². The number of nitrogens with zero attached hydrogens (tertiary/aromatic N) is 2. The van der Waals surface area contributed by atoms with E-state index in [4.69, 9.17) is 4.74 Å². The molecule has 12 nitrogen and oxygen atoms in total. The van der Waals surface area contributed by atoms with Crippen molar-refractivity contribution < 1.29 is 28.7 Å². The van der Waals surface area contributed by atoms with Crippen molar-refractivity contribution in [1.82, 2.24) is 25.8 Å². The van der Waals surface area contributed by atoms with Gasteiger partial charge in [0.05, 0.1) is 6.54 Å². The van der Waals surface area contributed by atoms with E-state index in [9.17, 15) is 24.0 Å². The van der Waals surface area contributed by atoms with Crippen LogP contribution in [0.1, 0.15) is 39.9 Å². The van der Waals surface area contributed by atoms with Crippen LogP contribution in [0.2, 0.25) is 0 Å². The van der Waals surface area contributed by atoms with E-state index in [0.717, 1.165) is 42.9 Å². The van der Waals surface area contributed by atoms with Crippen LogP contribution in [0.4, 0.5) is 10.5 Å². The fourth-order valence-electron chi connectivity index (χ4n) is 5.09. The molecule has 5 rings (SSSR count). The van der Waals surface area contributed by atoms with Gasteiger partial charge in [0, 0.05) is 63.0 Å². The Balaban J connectivity index is 0.00000387. The number of rotatable bonds is 7. The molecule has 13 heteroatoms. The highest BCUT2D eigenvalue weighted by atomic mass is 35.5. The molecular formula is C28H33ClN6O6. The lowest BCUT2D eigenvalue weighted by Gasteiger charge is -2.29. The molecule has 3 aliphatic heterocycles. The minimum absolute atomic E-state index is 0. The Morgan fingerprint density at radius 3 is 2.61 bits per heavy atom. The van der Waals surface area contributed by atoms with Crippen molar-refractivity contribution in [2.75, 3.05) is 38.0 Å². The Hall–Kier alpha value is -4.00. The number of hydrogen-bond donors (Lipinski definition) is 4. The fourth-order valence-corrected chi connectivity index (χ4v) is 5.09. The summed E-state index contributed by atoms with van der Waals surface area (Å²) >= 11 is 0. The van der Waals surface area contributed by atoms with Gasteiger partial charge in [-0.2, -0.15) is 0 Å². The van der Waals surface area contributed by atoms with Crippen molar-refractivity contribution in [3.8, 4) is 5.75 Å². The molecule has 218 valence electrons. The first-order valence-electron chi connectivity index (χ1n) is 13.3. The smallest absolute Gasteiger partial charge is 0.325 e. The van der Waals surface area contributed by atoms with Crippen LogP contribution in [0.5, 0.6) is 5.75 Å². The zero-order valence-corrected chi connectivity index (χ0v) is 23.5. The number of carbonyl (C=O) groups excluding carboxylic acids is 5. The Kier molecular flexibility index (Phi) is 9.58. The van der Waals surface area contributed by atoms with E-state index in [1.165, 1.54) is 4.90 Å². The van der Waals surface area contributed by atoms with Gasteiger partial charge in [-0.3, -0.25) is 29.4 Å². The molecule has 1 atom stereocenters. The monoisotopic (exact) mass is 584 g/mol. The lowest BCUT2D eigenvalue weighted by atomic mass is 10.0. The number of aryl methyl sites for hydroxylation is 1. The Labute approximate surface area is 243 Å². The molecule has 3 aliphatic rings. The van der Waals surface area contributed by atoms with Gasteiger partial charge in [0.2, 0.25) is 11.8 Å². The number of hydrogen-bond acceptors (Lipinski definition) is 8. The van der Waals surface area contributed by atoms with Crippen LogP contribution in [-0.2, 0) is 27.5 Å². The van der Waals surface area contributed by atoms with E-state index in [-0.39, 0.29) is 56.2 Å². The zero-order chi connectivity index (χ0) is 28.2. The van der Waals surface area contributed by atoms with E-state index >= 15 is 0 Å². The molecule has 5 amide bonds. The number of imide groups is 1. The summed E-state index contributed by atoms with van der Waals surface area (Å²) in [5, 5.41) is 11.1. The van der Waals surface area contributed by atoms with Gasteiger partial charge in [0.1, 0.15) is 11.8 Å². The summed E-state index contributed by atoms with van der Waals surface area (Å²) in [4.78, 5) is 65.1. The molecule has 2 aromatic carbocycles. The maximum absolute atomic E-state index is 12.9. The third-order valence-electron chi connectivity index (χ3n) is 7.27. The quantitative estimate of drug-likeness (QED) is 0.216. The number of piperidine rings is 1. The molecule has 0 saturated carbocycles. The fraction of sp³-hybridized carbons (Fsp3) is 0.393. The van der Waals surface area contributed by atoms with Crippen LogP contribution in [-0.4, -0.2) is 78.3 Å². The summed E-state index contributed by atoms with van der Waals surface area (Å²) < 4.78 is 5.57. The van der Waals surface area contributed by atoms with Crippen LogP contribution >= 0.6 is 12.4 Å². The van der Waals surface area contributed by atoms with Crippen molar-refractivity contribution in [2.24, 2.45) is 0 Å². The molecule has 4 N–H and O–H groups in total. The molecule has 1 unspecified atom stereocenters. The summed E-state index contributed by atoms with van der Waals surface area (Å²) in [5.41, 5.74) is 3.32. The highest BCUT2D eigenvalue weighted by Gasteiger charge is 2.39. The first kappa shape index (κ1) is 30.0. The average Bonchev–Trinajstić information content (AvgIpc) is 3.25. The maximum Gasteiger partial charge on any atom is 0.325 e. The van der Waals surface area contributed by atoms with Gasteiger partial charge < -0.3 is 25.6 Å². The summed E-state index contributed by atoms with van der Waals surface area (Å²) in [7, 11) is 0. The molecule has 2 fully saturated rings. The number of benzene rings is 2. The number of fused-ring (bicyclic) bond motifs is 1. The highest BCUT2D eigenvalue weighted by molar-refractivity contribution is 6.05. The molecule has 3 heterocycles. The molecular weight excluding hydrogens is 552 g/mol. The molecule has 2 saturated heterocycles. The average molecular weight is 585 g/mol. The van der Waals surface area contributed by atoms with Gasteiger partial charge in [0.25, 0.3) is 5.91 Å². The van der Waals surface area contributed by atoms with E-state index in [0.29, 0.717) is 23.4 Å². The normalized spacial score (nSPS) is 18.7. The molecule has 0 radical (unpaired) electrons. The topological polar surface area (TPSA) is 149 Å². The second-order valence-corrected chi connectivity index (χ2v) is 10.2. The van der Waals surface area contributed by atoms with Gasteiger partial charge >= 0.3 is 12.0 Å². The Morgan fingerprint density at radius 2 is 1.85 bits per heavy atom. The van der Waals surface area contributed by atoms with E-state index in [1.54, 1.807) is 30.3 Å². The third kappa shape index (κ3) is 7.20. The predicted molar refractivity (Wildman–Crippen MR) is 152 cm³/mol. The van der Waals surface area contributed by atoms with Gasteiger partial charge in [-0.15, -0.1) is 12.4 Å². The SMILES string of the molecule is Cc1ccc(NC(=O)NCc2ccc3c(c2)CN(C2CCC(=O)NC2=O)C3=O)cc1OC(=O)CN1CCNCC1.Cl. The largest absolute Gasteiger partial charge is 0.425 e. The molecule has 41 heavy (non-hydrogen) atoms. The minimum Gasteiger partial charge on any atom is -0.425 e. The summed E-state index contributed by atoms with van der Waals surface area (Å²) in [6.45, 7) is 5.76. The predicted octanol–water partition coefficient (Wildman–Crippen LogP) is 1.31. The molecule has 0 bridgehead atoms. The maximum atomic E-state index is 12.9. The number of nitrogens with one attached hydrogen (secondary N) is 4. The van der Waals surface area contributed by atoms with E-state index in [2.05, 4.69) is 21.3 Å². The number of anilines is 1. The van der Waals surface area contributed by atoms with Crippen molar-refractivity contribution in [3.63, 3.8) is 0 Å². The summed E-state index contributed by atoms with van der Waals surface area (Å²) in [6, 6.07) is 9.29. The number of ether oxygens (including phenoxy) is 1. The first-order valence-corrected chi connectivity index (χ1v) is 13.3. The van der Waals surface area contributed by atoms with Gasteiger partial charge in [0.15, 0.2) is 0 Å². The number of carbonyl (C=O) groups is 5. The third-order valence-corrected chi connectivity index (χ3v) is 7.27. The van der Waals surface area contributed by atoms with Crippen molar-refractivity contribution >= 4 is 47.8 Å². The van der Waals surface area contributed by atoms with Crippen molar-refractivity contribution in [1.29, 1.82) is 0 Å². The van der Waals surface area contributed by atoms with Gasteiger partial charge in [-0.1, -0.05) is 18.2 Å². The minimum atomic E-state index is -0.675. The standard InChI is InChI=1S/C28H32N6O6.ClH/c1-17-2-4-20(13-23(17)40-25(36)16-33-10-8-29-9-11-33)31-28(39)30-14-18-3-5-21-19(12-18)15-34(27(21)38)22-6-7-24(35)32-26(22)37;/h2-5,12-13,22,29H,6-11,14-16H2,1H3,(H2,30,31,39)(H,32,35,37);1H. The Morgan fingerprint density at radius 1 is 1.07 bits per heavy atom. The lowest BCUT2D eigenvalue weighted by molar-refractivity contribution is -0.137. The zero-order valence-electron chi connectivity index (χ0n) is 22.7. The van der Waals surface area contributed by atoms with Crippen LogP contribution < -0.4 is 26.0 Å². The second-order valence-electron chi connectivity index (χ2n) is 10.2. The second kappa shape index (κ2) is 13.1. The highest BCUT2D eigenvalue weighted by Crippen LogP contribution is 2.28. The Bertz CT molecular complexity index is 1360. The number of halogens is 1. The van der Waals surface area contributed by atoms with Crippen LogP contribution in [0, 0.1) is 6.92 Å². The number of piperazine rings is 1. The first-order chi connectivity index (χ1) is 19.3. The number of amides is 5. The number of urea groups is 1. The number of esters is 1.